The number of carboxylic acids is 3. The molecule has 0 aromatic carbocycles. The van der Waals surface area contributed by atoms with Gasteiger partial charge in [0.15, 0.2) is 0 Å². The Kier molecular flexibility index (Phi) is 29.1. The molecule has 0 aromatic rings. The summed E-state index contributed by atoms with van der Waals surface area (Å²) >= 11 is 0. The van der Waals surface area contributed by atoms with E-state index in [0.29, 0.717) is 0 Å². The summed E-state index contributed by atoms with van der Waals surface area (Å²) < 4.78 is 0. The summed E-state index contributed by atoms with van der Waals surface area (Å²) in [5.41, 5.74) is -1.78. The van der Waals surface area contributed by atoms with Crippen LogP contribution in [0.4, 0.5) is 0 Å². The summed E-state index contributed by atoms with van der Waals surface area (Å²) in [6, 6.07) is 0. The van der Waals surface area contributed by atoms with E-state index in [4.69, 9.17) is 0 Å². The molecular formula is C30H57LaO6. The second-order valence-electron chi connectivity index (χ2n) is 11.1. The van der Waals surface area contributed by atoms with Crippen molar-refractivity contribution in [2.75, 3.05) is 0 Å². The molecule has 37 heavy (non-hydrogen) atoms. The van der Waals surface area contributed by atoms with Crippen molar-refractivity contribution in [1.29, 1.82) is 0 Å². The van der Waals surface area contributed by atoms with E-state index in [2.05, 4.69) is 20.8 Å². The molecule has 6 nitrogen and oxygen atoms in total. The molecule has 216 valence electrons. The first kappa shape index (κ1) is 43.7. The number of unbranched alkanes of at least 4 members (excludes halogenated alkanes) is 3. The van der Waals surface area contributed by atoms with Crippen LogP contribution in [-0.2, 0) is 14.4 Å². The summed E-state index contributed by atoms with van der Waals surface area (Å²) in [6.07, 6.45) is 13.3. The maximum absolute atomic E-state index is 10.8. The SMILES string of the molecule is CCCCC(C)(CCC)C(=O)[O-].CCCCC(C)(CCC)C(=O)[O-].CCCCC(C)(CCC)C(=O)[O-].[La+3]. The van der Waals surface area contributed by atoms with Gasteiger partial charge in [0.25, 0.3) is 0 Å². The van der Waals surface area contributed by atoms with Gasteiger partial charge in [-0.25, -0.2) is 0 Å². The van der Waals surface area contributed by atoms with Crippen molar-refractivity contribution >= 4 is 17.9 Å². The molecule has 0 aliphatic rings. The van der Waals surface area contributed by atoms with Gasteiger partial charge in [0.1, 0.15) is 0 Å². The molecule has 0 aliphatic heterocycles. The molecule has 0 fully saturated rings. The zero-order valence-electron chi connectivity index (χ0n) is 25.6. The molecule has 0 bridgehead atoms. The van der Waals surface area contributed by atoms with E-state index in [9.17, 15) is 29.7 Å². The molecule has 3 unspecified atom stereocenters. The van der Waals surface area contributed by atoms with E-state index < -0.39 is 34.2 Å². The van der Waals surface area contributed by atoms with Crippen LogP contribution < -0.4 is 15.3 Å². The Morgan fingerprint density at radius 3 is 0.730 bits per heavy atom. The van der Waals surface area contributed by atoms with Crippen molar-refractivity contribution < 1.29 is 65.3 Å². The largest absolute Gasteiger partial charge is 3.00 e. The van der Waals surface area contributed by atoms with E-state index in [1.165, 1.54) is 0 Å². The number of aliphatic carboxylic acids is 3. The zero-order chi connectivity index (χ0) is 28.8. The maximum Gasteiger partial charge on any atom is 3.00 e. The number of rotatable bonds is 18. The van der Waals surface area contributed by atoms with Crippen LogP contribution in [0.2, 0.25) is 0 Å². The van der Waals surface area contributed by atoms with Crippen molar-refractivity contribution in [3.05, 3.63) is 0 Å². The summed E-state index contributed by atoms with van der Waals surface area (Å²) in [7, 11) is 0. The van der Waals surface area contributed by atoms with Crippen LogP contribution in [0, 0.1) is 51.8 Å². The number of carboxylic acid groups (broad SMARTS) is 3. The van der Waals surface area contributed by atoms with Crippen molar-refractivity contribution in [2.45, 2.75) is 159 Å². The predicted molar refractivity (Wildman–Crippen MR) is 143 cm³/mol. The monoisotopic (exact) mass is 652 g/mol. The molecule has 7 heteroatoms. The average molecular weight is 653 g/mol. The first-order valence-electron chi connectivity index (χ1n) is 14.3. The van der Waals surface area contributed by atoms with Gasteiger partial charge in [-0.05, 0) is 38.5 Å². The normalized spacial score (nSPS) is 15.2. The Balaban J connectivity index is -0.000000218. The second-order valence-corrected chi connectivity index (χ2v) is 11.1. The van der Waals surface area contributed by atoms with Crippen molar-refractivity contribution in [1.82, 2.24) is 0 Å². The molecule has 0 radical (unpaired) electrons. The Hall–Kier alpha value is -0.395. The minimum atomic E-state index is -0.891. The van der Waals surface area contributed by atoms with Gasteiger partial charge in [0, 0.05) is 34.2 Å². The van der Waals surface area contributed by atoms with Gasteiger partial charge < -0.3 is 29.7 Å². The average Bonchev–Trinajstić information content (AvgIpc) is 2.81. The summed E-state index contributed by atoms with van der Waals surface area (Å²) in [5, 5.41) is 32.4. The smallest absolute Gasteiger partial charge is 0.550 e. The third-order valence-electron chi connectivity index (χ3n) is 7.13. The van der Waals surface area contributed by atoms with Gasteiger partial charge in [-0.3, -0.25) is 0 Å². The number of hydrogen-bond donors (Lipinski definition) is 0. The van der Waals surface area contributed by atoms with Crippen LogP contribution in [0.1, 0.15) is 159 Å². The van der Waals surface area contributed by atoms with Gasteiger partial charge >= 0.3 is 35.6 Å². The first-order valence-corrected chi connectivity index (χ1v) is 14.3. The topological polar surface area (TPSA) is 120 Å². The molecule has 0 saturated carbocycles. The summed E-state index contributed by atoms with van der Waals surface area (Å²) in [4.78, 5) is 32.4. The van der Waals surface area contributed by atoms with Gasteiger partial charge in [0.05, 0.1) is 0 Å². The molecule has 0 amide bonds. The van der Waals surface area contributed by atoms with E-state index in [-0.39, 0.29) is 35.6 Å². The quantitative estimate of drug-likeness (QED) is 0.201. The molecule has 0 N–H and O–H groups in total. The van der Waals surface area contributed by atoms with Crippen LogP contribution in [0.25, 0.3) is 0 Å². The minimum Gasteiger partial charge on any atom is -0.550 e. The van der Waals surface area contributed by atoms with Gasteiger partial charge in [0.2, 0.25) is 0 Å². The Morgan fingerprint density at radius 1 is 0.432 bits per heavy atom. The second kappa shape index (κ2) is 24.6. The number of carbonyl (C=O) groups excluding carboxylic acids is 3. The van der Waals surface area contributed by atoms with Crippen molar-refractivity contribution in [3.8, 4) is 0 Å². The van der Waals surface area contributed by atoms with Crippen LogP contribution in [0.5, 0.6) is 0 Å². The van der Waals surface area contributed by atoms with Crippen LogP contribution >= 0.6 is 0 Å². The number of carbonyl (C=O) groups is 3. The van der Waals surface area contributed by atoms with Gasteiger partial charge in [-0.1, -0.05) is 120 Å². The Bertz CT molecular complexity index is 516. The maximum atomic E-state index is 10.8. The molecule has 0 heterocycles. The van der Waals surface area contributed by atoms with Crippen LogP contribution in [0.15, 0.2) is 0 Å². The van der Waals surface area contributed by atoms with E-state index in [1.807, 2.05) is 20.8 Å². The molecule has 3 atom stereocenters. The predicted octanol–water partition coefficient (Wildman–Crippen LogP) is 5.20. The zero-order valence-corrected chi connectivity index (χ0v) is 29.3. The summed E-state index contributed by atoms with van der Waals surface area (Å²) in [5.74, 6) is -2.67. The fraction of sp³-hybridized carbons (Fsp3) is 0.900. The van der Waals surface area contributed by atoms with Crippen LogP contribution in [-0.4, -0.2) is 17.9 Å². The van der Waals surface area contributed by atoms with Crippen molar-refractivity contribution in [2.24, 2.45) is 16.2 Å². The standard InChI is InChI=1S/3C10H20O2.La/c3*1-4-6-8-10(3,7-5-2)9(11)12;/h3*4-8H2,1-3H3,(H,11,12);/q;;;+3/p-3. The van der Waals surface area contributed by atoms with E-state index in [1.54, 1.807) is 20.8 Å². The molecule has 0 aromatic heterocycles. The number of hydrogen-bond acceptors (Lipinski definition) is 6. The van der Waals surface area contributed by atoms with Crippen LogP contribution in [0.3, 0.4) is 0 Å². The third kappa shape index (κ3) is 20.2. The van der Waals surface area contributed by atoms with Gasteiger partial charge in [-0.2, -0.15) is 0 Å². The van der Waals surface area contributed by atoms with E-state index >= 15 is 0 Å². The molecule has 0 saturated heterocycles. The minimum absolute atomic E-state index is 0. The van der Waals surface area contributed by atoms with E-state index in [0.717, 1.165) is 96.3 Å². The summed E-state index contributed by atoms with van der Waals surface area (Å²) in [6.45, 7) is 17.6. The fourth-order valence-corrected chi connectivity index (χ4v) is 4.34. The first-order chi connectivity index (χ1) is 16.7. The van der Waals surface area contributed by atoms with Gasteiger partial charge in [-0.15, -0.1) is 0 Å². The fourth-order valence-electron chi connectivity index (χ4n) is 4.34. The third-order valence-corrected chi connectivity index (χ3v) is 7.13. The van der Waals surface area contributed by atoms with Crippen molar-refractivity contribution in [3.63, 3.8) is 0 Å². The Labute approximate surface area is 256 Å². The molecule has 0 spiro atoms. The molecule has 0 aliphatic carbocycles. The molecule has 0 rings (SSSR count). The molecular weight excluding hydrogens is 595 g/mol. The Morgan fingerprint density at radius 2 is 0.622 bits per heavy atom.